The summed E-state index contributed by atoms with van der Waals surface area (Å²) in [6.07, 6.45) is 0.424. The Morgan fingerprint density at radius 3 is 2.67 bits per heavy atom. The highest BCUT2D eigenvalue weighted by Gasteiger charge is 2.14. The highest BCUT2D eigenvalue weighted by Crippen LogP contribution is 2.24. The molecule has 3 aromatic rings. The van der Waals surface area contributed by atoms with E-state index in [4.69, 9.17) is 10.3 Å². The van der Waals surface area contributed by atoms with E-state index < -0.39 is 5.82 Å². The number of phenolic OH excluding ortho intramolecular Hbond substituents is 1. The van der Waals surface area contributed by atoms with Crippen LogP contribution in [-0.4, -0.2) is 15.2 Å². The molecule has 1 aromatic heterocycles. The van der Waals surface area contributed by atoms with E-state index in [2.05, 4.69) is 10.1 Å². The second-order valence-corrected chi connectivity index (χ2v) is 4.60. The Bertz CT molecular complexity index is 769. The van der Waals surface area contributed by atoms with Crippen molar-refractivity contribution >= 4 is 5.69 Å². The van der Waals surface area contributed by atoms with Crippen LogP contribution in [0, 0.1) is 5.82 Å². The van der Waals surface area contributed by atoms with Gasteiger partial charge in [-0.15, -0.1) is 0 Å². The largest absolute Gasteiger partial charge is 0.508 e. The van der Waals surface area contributed by atoms with Crippen LogP contribution in [0.5, 0.6) is 5.75 Å². The van der Waals surface area contributed by atoms with Crippen molar-refractivity contribution in [3.8, 4) is 17.2 Å². The molecular weight excluding hydrogens is 273 g/mol. The van der Waals surface area contributed by atoms with E-state index in [9.17, 15) is 9.50 Å². The monoisotopic (exact) mass is 285 g/mol. The molecule has 0 saturated carbocycles. The molecule has 21 heavy (non-hydrogen) atoms. The van der Waals surface area contributed by atoms with Gasteiger partial charge in [-0.1, -0.05) is 17.3 Å². The maximum Gasteiger partial charge on any atom is 0.260 e. The van der Waals surface area contributed by atoms with Crippen molar-refractivity contribution in [1.82, 2.24) is 10.1 Å². The number of nitrogens with zero attached hydrogens (tertiary/aromatic N) is 2. The van der Waals surface area contributed by atoms with Gasteiger partial charge < -0.3 is 15.4 Å². The number of halogens is 1. The number of hydrogen-bond acceptors (Lipinski definition) is 5. The lowest BCUT2D eigenvalue weighted by Crippen LogP contribution is -1.92. The molecular formula is C15H12FN3O2. The molecule has 3 N–H and O–H groups in total. The molecule has 3 rings (SSSR count). The third-order valence-electron chi connectivity index (χ3n) is 2.99. The van der Waals surface area contributed by atoms with Crippen molar-refractivity contribution in [2.45, 2.75) is 6.42 Å². The molecule has 0 bridgehead atoms. The number of aromatic hydroxyl groups is 1. The summed E-state index contributed by atoms with van der Waals surface area (Å²) in [6, 6.07) is 10.8. The van der Waals surface area contributed by atoms with Crippen molar-refractivity contribution in [1.29, 1.82) is 0 Å². The van der Waals surface area contributed by atoms with Crippen LogP contribution < -0.4 is 5.73 Å². The zero-order chi connectivity index (χ0) is 14.8. The van der Waals surface area contributed by atoms with Crippen LogP contribution in [0.2, 0.25) is 0 Å². The van der Waals surface area contributed by atoms with E-state index >= 15 is 0 Å². The number of nitrogens with two attached hydrogens (primary N) is 1. The van der Waals surface area contributed by atoms with Gasteiger partial charge in [-0.3, -0.25) is 0 Å². The molecule has 0 atom stereocenters. The van der Waals surface area contributed by atoms with Gasteiger partial charge in [0.05, 0.1) is 5.56 Å². The summed E-state index contributed by atoms with van der Waals surface area (Å²) >= 11 is 0. The first-order valence-electron chi connectivity index (χ1n) is 6.28. The molecule has 2 aromatic carbocycles. The molecule has 0 amide bonds. The van der Waals surface area contributed by atoms with Gasteiger partial charge in [-0.25, -0.2) is 4.39 Å². The van der Waals surface area contributed by atoms with E-state index in [0.717, 1.165) is 5.56 Å². The Labute approximate surface area is 119 Å². The van der Waals surface area contributed by atoms with Gasteiger partial charge in [0, 0.05) is 12.1 Å². The number of anilines is 1. The maximum absolute atomic E-state index is 13.7. The van der Waals surface area contributed by atoms with Crippen LogP contribution in [0.3, 0.4) is 0 Å². The zero-order valence-electron chi connectivity index (χ0n) is 11.0. The van der Waals surface area contributed by atoms with Crippen molar-refractivity contribution in [2.75, 3.05) is 5.73 Å². The van der Waals surface area contributed by atoms with Crippen molar-refractivity contribution in [3.63, 3.8) is 0 Å². The SMILES string of the molecule is Nc1ccc(F)c(-c2nc(Cc3ccc(O)cc3)no2)c1. The molecule has 0 aliphatic heterocycles. The van der Waals surface area contributed by atoms with Crippen molar-refractivity contribution in [2.24, 2.45) is 0 Å². The lowest BCUT2D eigenvalue weighted by molar-refractivity contribution is 0.421. The zero-order valence-corrected chi connectivity index (χ0v) is 11.0. The van der Waals surface area contributed by atoms with Crippen LogP contribution >= 0.6 is 0 Å². The van der Waals surface area contributed by atoms with E-state index in [1.54, 1.807) is 24.3 Å². The molecule has 0 unspecified atom stereocenters. The first-order chi connectivity index (χ1) is 10.1. The minimum atomic E-state index is -0.468. The molecule has 5 nitrogen and oxygen atoms in total. The maximum atomic E-state index is 13.7. The lowest BCUT2D eigenvalue weighted by Gasteiger charge is -1.98. The first-order valence-corrected chi connectivity index (χ1v) is 6.28. The second kappa shape index (κ2) is 5.24. The second-order valence-electron chi connectivity index (χ2n) is 4.60. The molecule has 6 heteroatoms. The molecule has 106 valence electrons. The Balaban J connectivity index is 1.86. The average molecular weight is 285 g/mol. The van der Waals surface area contributed by atoms with Gasteiger partial charge in [-0.2, -0.15) is 4.98 Å². The van der Waals surface area contributed by atoms with Crippen LogP contribution in [0.1, 0.15) is 11.4 Å². The fraction of sp³-hybridized carbons (Fsp3) is 0.0667. The number of nitrogen functional groups attached to an aromatic ring is 1. The molecule has 0 aliphatic rings. The summed E-state index contributed by atoms with van der Waals surface area (Å²) in [5.41, 5.74) is 7.14. The number of hydrogen-bond donors (Lipinski definition) is 2. The van der Waals surface area contributed by atoms with Gasteiger partial charge in [0.1, 0.15) is 11.6 Å². The molecule has 0 saturated heterocycles. The smallest absolute Gasteiger partial charge is 0.260 e. The Hall–Kier alpha value is -2.89. The highest BCUT2D eigenvalue weighted by molar-refractivity contribution is 5.60. The fourth-order valence-corrected chi connectivity index (χ4v) is 1.94. The summed E-state index contributed by atoms with van der Waals surface area (Å²) in [5.74, 6) is 0.240. The molecule has 0 spiro atoms. The minimum absolute atomic E-state index is 0.0913. The summed E-state index contributed by atoms with van der Waals surface area (Å²) in [7, 11) is 0. The number of aromatic nitrogens is 2. The summed E-state index contributed by atoms with van der Waals surface area (Å²) in [4.78, 5) is 4.16. The standard InChI is InChI=1S/C15H12FN3O2/c16-13-6-3-10(17)8-12(13)15-18-14(19-21-15)7-9-1-4-11(20)5-2-9/h1-6,8,20H,7,17H2. The van der Waals surface area contributed by atoms with Crippen molar-refractivity contribution in [3.05, 3.63) is 59.7 Å². The van der Waals surface area contributed by atoms with E-state index in [-0.39, 0.29) is 17.2 Å². The quantitative estimate of drug-likeness (QED) is 0.723. The predicted octanol–water partition coefficient (Wildman–Crippen LogP) is 2.75. The van der Waals surface area contributed by atoms with Crippen LogP contribution in [0.15, 0.2) is 47.0 Å². The molecule has 0 fully saturated rings. The number of benzene rings is 2. The molecule has 1 heterocycles. The van der Waals surface area contributed by atoms with Crippen LogP contribution in [0.4, 0.5) is 10.1 Å². The minimum Gasteiger partial charge on any atom is -0.508 e. The Kier molecular flexibility index (Phi) is 3.27. The summed E-state index contributed by atoms with van der Waals surface area (Å²) in [5, 5.41) is 13.1. The van der Waals surface area contributed by atoms with E-state index in [1.807, 2.05) is 0 Å². The summed E-state index contributed by atoms with van der Waals surface area (Å²) < 4.78 is 18.8. The number of phenols is 1. The summed E-state index contributed by atoms with van der Waals surface area (Å²) in [6.45, 7) is 0. The molecule has 0 aliphatic carbocycles. The van der Waals surface area contributed by atoms with Crippen molar-refractivity contribution < 1.29 is 14.0 Å². The topological polar surface area (TPSA) is 85.2 Å². The van der Waals surface area contributed by atoms with Crippen LogP contribution in [-0.2, 0) is 6.42 Å². The van der Waals surface area contributed by atoms with Crippen LogP contribution in [0.25, 0.3) is 11.5 Å². The average Bonchev–Trinajstić information content (AvgIpc) is 2.92. The Morgan fingerprint density at radius 2 is 1.90 bits per heavy atom. The van der Waals surface area contributed by atoms with E-state index in [1.165, 1.54) is 18.2 Å². The lowest BCUT2D eigenvalue weighted by atomic mass is 10.1. The first kappa shape index (κ1) is 13.1. The van der Waals surface area contributed by atoms with Gasteiger partial charge in [0.2, 0.25) is 0 Å². The highest BCUT2D eigenvalue weighted by atomic mass is 19.1. The number of rotatable bonds is 3. The third-order valence-corrected chi connectivity index (χ3v) is 2.99. The van der Waals surface area contributed by atoms with Gasteiger partial charge >= 0.3 is 0 Å². The third kappa shape index (κ3) is 2.84. The van der Waals surface area contributed by atoms with Gasteiger partial charge in [0.15, 0.2) is 5.82 Å². The van der Waals surface area contributed by atoms with Gasteiger partial charge in [0.25, 0.3) is 5.89 Å². The fourth-order valence-electron chi connectivity index (χ4n) is 1.94. The molecule has 0 radical (unpaired) electrons. The predicted molar refractivity (Wildman–Crippen MR) is 75.0 cm³/mol. The van der Waals surface area contributed by atoms with E-state index in [0.29, 0.717) is 17.9 Å². The van der Waals surface area contributed by atoms with Gasteiger partial charge in [-0.05, 0) is 35.9 Å². The normalized spacial score (nSPS) is 10.7. The Morgan fingerprint density at radius 1 is 1.14 bits per heavy atom.